The average Bonchev–Trinajstić information content (AvgIpc) is 3.35. The van der Waals surface area contributed by atoms with Crippen LogP contribution in [0.1, 0.15) is 41.6 Å². The average molecular weight is 339 g/mol. The van der Waals surface area contributed by atoms with Gasteiger partial charge in [-0.2, -0.15) is 0 Å². The van der Waals surface area contributed by atoms with Crippen LogP contribution in [0.5, 0.6) is 0 Å². The predicted molar refractivity (Wildman–Crippen MR) is 98.7 cm³/mol. The highest BCUT2D eigenvalue weighted by Gasteiger charge is 2.42. The lowest BCUT2D eigenvalue weighted by Crippen LogP contribution is -2.42. The highest BCUT2D eigenvalue weighted by atomic mass is 16.2. The molecule has 0 bridgehead atoms. The molecular weight excluding hydrogens is 314 g/mol. The van der Waals surface area contributed by atoms with E-state index in [0.717, 1.165) is 17.7 Å². The van der Waals surface area contributed by atoms with Crippen molar-refractivity contribution in [1.29, 1.82) is 0 Å². The third kappa shape index (κ3) is 4.10. The third-order valence-electron chi connectivity index (χ3n) is 4.99. The Labute approximate surface area is 147 Å². The second-order valence-corrected chi connectivity index (χ2v) is 6.98. The Bertz CT molecular complexity index is 813. The topological polar surface area (TPSA) is 74.0 Å². The van der Waals surface area contributed by atoms with Gasteiger partial charge in [0.1, 0.15) is 0 Å². The van der Waals surface area contributed by atoms with E-state index in [2.05, 4.69) is 39.9 Å². The number of hydrogen-bond acceptors (Lipinski definition) is 2. The highest BCUT2D eigenvalue weighted by molar-refractivity contribution is 5.74. The van der Waals surface area contributed by atoms with Crippen LogP contribution in [-0.2, 0) is 6.54 Å². The van der Waals surface area contributed by atoms with Gasteiger partial charge in [0, 0.05) is 17.3 Å². The van der Waals surface area contributed by atoms with Crippen molar-refractivity contribution >= 4 is 6.03 Å². The largest absolute Gasteiger partial charge is 0.335 e. The Balaban J connectivity index is 1.51. The summed E-state index contributed by atoms with van der Waals surface area (Å²) in [5.41, 5.74) is 3.51. The molecule has 2 aromatic rings. The SMILES string of the molecule is Cc1cc(C)c(CNC(=O)N[C@H](C)[C@H]2C[C@@H]2c2ccccc2)c(=O)[nH]1. The molecule has 5 heteroatoms. The van der Waals surface area contributed by atoms with Crippen LogP contribution in [0.4, 0.5) is 4.79 Å². The molecule has 0 aliphatic heterocycles. The molecule has 5 nitrogen and oxygen atoms in total. The molecule has 0 saturated heterocycles. The zero-order valence-corrected chi connectivity index (χ0v) is 14.9. The van der Waals surface area contributed by atoms with E-state index in [1.165, 1.54) is 5.56 Å². The summed E-state index contributed by atoms with van der Waals surface area (Å²) in [7, 11) is 0. The van der Waals surface area contributed by atoms with Gasteiger partial charge in [0.25, 0.3) is 5.56 Å². The quantitative estimate of drug-likeness (QED) is 0.783. The second-order valence-electron chi connectivity index (χ2n) is 6.98. The first kappa shape index (κ1) is 17.3. The van der Waals surface area contributed by atoms with Crippen molar-refractivity contribution in [2.24, 2.45) is 5.92 Å². The molecule has 0 radical (unpaired) electrons. The molecule has 0 unspecified atom stereocenters. The molecule has 1 aliphatic rings. The number of pyridine rings is 1. The number of hydrogen-bond donors (Lipinski definition) is 3. The maximum absolute atomic E-state index is 12.2. The summed E-state index contributed by atoms with van der Waals surface area (Å²) < 4.78 is 0. The van der Waals surface area contributed by atoms with Crippen LogP contribution in [-0.4, -0.2) is 17.1 Å². The van der Waals surface area contributed by atoms with Gasteiger partial charge in [-0.1, -0.05) is 30.3 Å². The van der Waals surface area contributed by atoms with E-state index in [-0.39, 0.29) is 24.2 Å². The number of aromatic amines is 1. The monoisotopic (exact) mass is 339 g/mol. The number of aromatic nitrogens is 1. The molecule has 1 heterocycles. The van der Waals surface area contributed by atoms with Gasteiger partial charge >= 0.3 is 6.03 Å². The number of amides is 2. The third-order valence-corrected chi connectivity index (χ3v) is 4.99. The maximum Gasteiger partial charge on any atom is 0.315 e. The van der Waals surface area contributed by atoms with Gasteiger partial charge in [0.2, 0.25) is 0 Å². The smallest absolute Gasteiger partial charge is 0.315 e. The fourth-order valence-electron chi connectivity index (χ4n) is 3.49. The normalized spacial score (nSPS) is 20.0. The van der Waals surface area contributed by atoms with Gasteiger partial charge in [-0.05, 0) is 56.2 Å². The van der Waals surface area contributed by atoms with E-state index in [1.54, 1.807) is 0 Å². The Morgan fingerprint density at radius 3 is 2.68 bits per heavy atom. The molecule has 3 atom stereocenters. The number of benzene rings is 1. The molecule has 3 rings (SSSR count). The van der Waals surface area contributed by atoms with Crippen molar-refractivity contribution in [3.63, 3.8) is 0 Å². The summed E-state index contributed by atoms with van der Waals surface area (Å²) in [6.45, 7) is 6.00. The first-order valence-electron chi connectivity index (χ1n) is 8.74. The molecular formula is C20H25N3O2. The van der Waals surface area contributed by atoms with Gasteiger partial charge < -0.3 is 15.6 Å². The summed E-state index contributed by atoms with van der Waals surface area (Å²) in [5.74, 6) is 0.997. The Kier molecular flexibility index (Phi) is 4.93. The minimum Gasteiger partial charge on any atom is -0.335 e. The number of aryl methyl sites for hydroxylation is 2. The van der Waals surface area contributed by atoms with Crippen LogP contribution in [0.15, 0.2) is 41.2 Å². The fraction of sp³-hybridized carbons (Fsp3) is 0.400. The van der Waals surface area contributed by atoms with E-state index in [1.807, 2.05) is 32.9 Å². The number of carbonyl (C=O) groups is 1. The van der Waals surface area contributed by atoms with Crippen LogP contribution < -0.4 is 16.2 Å². The minimum absolute atomic E-state index is 0.0996. The molecule has 2 amide bonds. The standard InChI is InChI=1S/C20H25N3O2/c1-12-9-13(2)22-19(24)18(12)11-21-20(25)23-14(3)16-10-17(16)15-7-5-4-6-8-15/h4-9,14,16-17H,10-11H2,1-3H3,(H,22,24)(H2,21,23,25)/t14-,16-,17-/m1/s1. The number of H-pyrrole nitrogens is 1. The van der Waals surface area contributed by atoms with Gasteiger partial charge in [-0.3, -0.25) is 4.79 Å². The zero-order chi connectivity index (χ0) is 18.0. The highest BCUT2D eigenvalue weighted by Crippen LogP contribution is 2.49. The molecule has 3 N–H and O–H groups in total. The van der Waals surface area contributed by atoms with Crippen molar-refractivity contribution in [1.82, 2.24) is 15.6 Å². The Morgan fingerprint density at radius 1 is 1.28 bits per heavy atom. The summed E-state index contributed by atoms with van der Waals surface area (Å²) in [6, 6.07) is 12.2. The van der Waals surface area contributed by atoms with E-state index in [9.17, 15) is 9.59 Å². The van der Waals surface area contributed by atoms with Gasteiger partial charge in [0.15, 0.2) is 0 Å². The van der Waals surface area contributed by atoms with Crippen molar-refractivity contribution < 1.29 is 4.79 Å². The Morgan fingerprint density at radius 2 is 2.00 bits per heavy atom. The minimum atomic E-state index is -0.231. The molecule has 1 fully saturated rings. The first-order valence-corrected chi connectivity index (χ1v) is 8.74. The molecule has 132 valence electrons. The molecule has 1 saturated carbocycles. The van der Waals surface area contributed by atoms with Crippen LogP contribution in [0, 0.1) is 19.8 Å². The van der Waals surface area contributed by atoms with Gasteiger partial charge in [-0.25, -0.2) is 4.79 Å². The van der Waals surface area contributed by atoms with E-state index in [4.69, 9.17) is 0 Å². The van der Waals surface area contributed by atoms with Crippen LogP contribution in [0.3, 0.4) is 0 Å². The van der Waals surface area contributed by atoms with E-state index >= 15 is 0 Å². The number of rotatable bonds is 5. The summed E-state index contributed by atoms with van der Waals surface area (Å²) >= 11 is 0. The van der Waals surface area contributed by atoms with Crippen molar-refractivity contribution in [2.45, 2.75) is 45.7 Å². The number of urea groups is 1. The van der Waals surface area contributed by atoms with E-state index < -0.39 is 0 Å². The first-order chi connectivity index (χ1) is 12.0. The zero-order valence-electron chi connectivity index (χ0n) is 14.9. The van der Waals surface area contributed by atoms with Crippen molar-refractivity contribution in [2.75, 3.05) is 0 Å². The molecule has 0 spiro atoms. The lowest BCUT2D eigenvalue weighted by Gasteiger charge is -2.15. The summed E-state index contributed by atoms with van der Waals surface area (Å²) in [6.07, 6.45) is 1.10. The number of carbonyl (C=O) groups excluding carboxylic acids is 1. The second kappa shape index (κ2) is 7.13. The predicted octanol–water partition coefficient (Wildman–Crippen LogP) is 2.98. The Hall–Kier alpha value is -2.56. The lowest BCUT2D eigenvalue weighted by atomic mass is 10.1. The molecule has 1 aromatic carbocycles. The summed E-state index contributed by atoms with van der Waals surface area (Å²) in [5, 5.41) is 5.80. The van der Waals surface area contributed by atoms with Crippen LogP contribution in [0.25, 0.3) is 0 Å². The maximum atomic E-state index is 12.2. The lowest BCUT2D eigenvalue weighted by molar-refractivity contribution is 0.236. The van der Waals surface area contributed by atoms with Gasteiger partial charge in [0.05, 0.1) is 6.54 Å². The van der Waals surface area contributed by atoms with Crippen LogP contribution in [0.2, 0.25) is 0 Å². The van der Waals surface area contributed by atoms with Crippen LogP contribution >= 0.6 is 0 Å². The fourth-order valence-corrected chi connectivity index (χ4v) is 3.49. The van der Waals surface area contributed by atoms with Gasteiger partial charge in [-0.15, -0.1) is 0 Å². The summed E-state index contributed by atoms with van der Waals surface area (Å²) in [4.78, 5) is 26.9. The van der Waals surface area contributed by atoms with Crippen molar-refractivity contribution in [3.8, 4) is 0 Å². The van der Waals surface area contributed by atoms with Crippen molar-refractivity contribution in [3.05, 3.63) is 69.1 Å². The molecule has 25 heavy (non-hydrogen) atoms. The van der Waals surface area contributed by atoms with E-state index in [0.29, 0.717) is 17.4 Å². The molecule has 1 aromatic heterocycles. The number of nitrogens with one attached hydrogen (secondary N) is 3. The molecule has 1 aliphatic carbocycles.